The molecular formula is C25H22N2O4S. The van der Waals surface area contributed by atoms with Crippen molar-refractivity contribution < 1.29 is 19.4 Å². The molecule has 0 spiro atoms. The van der Waals surface area contributed by atoms with Crippen LogP contribution in [0, 0.1) is 13.8 Å². The first-order valence-corrected chi connectivity index (χ1v) is 10.9. The first-order valence-electron chi connectivity index (χ1n) is 10.1. The van der Waals surface area contributed by atoms with Crippen LogP contribution in [0.25, 0.3) is 5.76 Å². The molecule has 32 heavy (non-hydrogen) atoms. The van der Waals surface area contributed by atoms with Crippen molar-refractivity contribution >= 4 is 33.9 Å². The number of carbonyl (C=O) groups excluding carboxylic acids is 2. The summed E-state index contributed by atoms with van der Waals surface area (Å²) in [6, 6.07) is 15.0. The molecule has 0 saturated carbocycles. The molecule has 1 aromatic heterocycles. The fourth-order valence-corrected chi connectivity index (χ4v) is 4.49. The molecule has 7 heteroatoms. The number of Topliss-reactive ketones (excluding diaryl/α,β-unsaturated/α-hetero) is 1. The Kier molecular flexibility index (Phi) is 5.92. The van der Waals surface area contributed by atoms with Crippen LogP contribution in [0.2, 0.25) is 0 Å². The first kappa shape index (κ1) is 21.5. The van der Waals surface area contributed by atoms with Crippen molar-refractivity contribution in [3.8, 4) is 5.75 Å². The van der Waals surface area contributed by atoms with Gasteiger partial charge < -0.3 is 9.84 Å². The van der Waals surface area contributed by atoms with Gasteiger partial charge in [0.25, 0.3) is 5.78 Å². The molecule has 1 amide bonds. The molecule has 1 aliphatic heterocycles. The number of aliphatic hydroxyl groups is 1. The van der Waals surface area contributed by atoms with Crippen molar-refractivity contribution in [2.45, 2.75) is 19.9 Å². The lowest BCUT2D eigenvalue weighted by atomic mass is 9.95. The zero-order chi connectivity index (χ0) is 22.8. The number of thiazole rings is 1. The smallest absolute Gasteiger partial charge is 0.301 e. The highest BCUT2D eigenvalue weighted by Gasteiger charge is 2.48. The van der Waals surface area contributed by atoms with Crippen molar-refractivity contribution in [3.05, 3.63) is 94.5 Å². The van der Waals surface area contributed by atoms with Crippen LogP contribution in [0.1, 0.15) is 27.7 Å². The van der Waals surface area contributed by atoms with Crippen molar-refractivity contribution in [2.24, 2.45) is 0 Å². The van der Waals surface area contributed by atoms with E-state index in [0.717, 1.165) is 10.6 Å². The van der Waals surface area contributed by atoms with E-state index in [1.54, 1.807) is 54.6 Å². The Morgan fingerprint density at radius 3 is 2.44 bits per heavy atom. The maximum absolute atomic E-state index is 13.1. The van der Waals surface area contributed by atoms with Crippen molar-refractivity contribution in [3.63, 3.8) is 0 Å². The molecule has 0 radical (unpaired) electrons. The maximum Gasteiger partial charge on any atom is 0.301 e. The first-order chi connectivity index (χ1) is 15.4. The lowest BCUT2D eigenvalue weighted by Gasteiger charge is -2.23. The van der Waals surface area contributed by atoms with Crippen LogP contribution in [-0.4, -0.2) is 28.4 Å². The summed E-state index contributed by atoms with van der Waals surface area (Å²) >= 11 is 1.34. The lowest BCUT2D eigenvalue weighted by Crippen LogP contribution is -2.29. The van der Waals surface area contributed by atoms with Gasteiger partial charge in [-0.05, 0) is 31.5 Å². The number of rotatable bonds is 6. The molecule has 2 aromatic carbocycles. The quantitative estimate of drug-likeness (QED) is 0.251. The molecule has 3 aromatic rings. The molecule has 4 rings (SSSR count). The summed E-state index contributed by atoms with van der Waals surface area (Å²) in [5.74, 6) is -1.04. The van der Waals surface area contributed by atoms with Crippen LogP contribution in [0.15, 0.2) is 72.8 Å². The van der Waals surface area contributed by atoms with Gasteiger partial charge in [0.15, 0.2) is 5.13 Å². The SMILES string of the molecule is C=CCOc1ccc([C@@H]2/C(=C(\O)c3ccccc3)C(=O)C(=O)N2c2nc(C)c(C)s2)cc1. The van der Waals surface area contributed by atoms with Gasteiger partial charge in [-0.25, -0.2) is 4.98 Å². The summed E-state index contributed by atoms with van der Waals surface area (Å²) in [6.45, 7) is 7.77. The van der Waals surface area contributed by atoms with Crippen molar-refractivity contribution in [2.75, 3.05) is 11.5 Å². The average Bonchev–Trinajstić information content (AvgIpc) is 3.28. The van der Waals surface area contributed by atoms with E-state index < -0.39 is 17.7 Å². The Morgan fingerprint density at radius 2 is 1.84 bits per heavy atom. The number of ether oxygens (including phenoxy) is 1. The van der Waals surface area contributed by atoms with E-state index in [0.29, 0.717) is 28.6 Å². The minimum Gasteiger partial charge on any atom is -0.507 e. The lowest BCUT2D eigenvalue weighted by molar-refractivity contribution is -0.132. The molecule has 1 atom stereocenters. The number of nitrogens with zero attached hydrogens (tertiary/aromatic N) is 2. The standard InChI is InChI=1S/C25H22N2O4S/c1-4-14-31-19-12-10-17(11-13-19)21-20(22(28)18-8-6-5-7-9-18)23(29)24(30)27(21)25-26-15(2)16(3)32-25/h4-13,21,28H,1,14H2,2-3H3/b22-20+/t21-/m1/s1. The molecule has 1 fully saturated rings. The minimum atomic E-state index is -0.811. The second-order valence-corrected chi connectivity index (χ2v) is 8.52. The van der Waals surface area contributed by atoms with Crippen LogP contribution in [0.4, 0.5) is 5.13 Å². The van der Waals surface area contributed by atoms with E-state index in [4.69, 9.17) is 4.74 Å². The Labute approximate surface area is 190 Å². The van der Waals surface area contributed by atoms with Gasteiger partial charge >= 0.3 is 5.91 Å². The highest BCUT2D eigenvalue weighted by atomic mass is 32.1. The van der Waals surface area contributed by atoms with Gasteiger partial charge in [0.05, 0.1) is 17.3 Å². The van der Waals surface area contributed by atoms with Gasteiger partial charge in [-0.1, -0.05) is 55.1 Å². The van der Waals surface area contributed by atoms with E-state index in [1.165, 1.54) is 16.2 Å². The number of carbonyl (C=O) groups is 2. The summed E-state index contributed by atoms with van der Waals surface area (Å²) in [5, 5.41) is 11.5. The monoisotopic (exact) mass is 446 g/mol. The summed E-state index contributed by atoms with van der Waals surface area (Å²) in [5.41, 5.74) is 1.96. The van der Waals surface area contributed by atoms with E-state index in [1.807, 2.05) is 19.9 Å². The summed E-state index contributed by atoms with van der Waals surface area (Å²) in [4.78, 5) is 33.1. The molecule has 2 heterocycles. The normalized spacial score (nSPS) is 17.6. The largest absolute Gasteiger partial charge is 0.507 e. The highest BCUT2D eigenvalue weighted by Crippen LogP contribution is 2.43. The second kappa shape index (κ2) is 8.80. The number of amides is 1. The fourth-order valence-electron chi connectivity index (χ4n) is 3.56. The Hall–Kier alpha value is -3.71. The predicted octanol–water partition coefficient (Wildman–Crippen LogP) is 4.95. The predicted molar refractivity (Wildman–Crippen MR) is 125 cm³/mol. The Balaban J connectivity index is 1.88. The van der Waals surface area contributed by atoms with E-state index in [9.17, 15) is 14.7 Å². The molecule has 0 aliphatic carbocycles. The van der Waals surface area contributed by atoms with Crippen LogP contribution >= 0.6 is 11.3 Å². The zero-order valence-corrected chi connectivity index (χ0v) is 18.6. The number of benzene rings is 2. The van der Waals surface area contributed by atoms with Gasteiger partial charge in [-0.3, -0.25) is 14.5 Å². The molecular weight excluding hydrogens is 424 g/mol. The number of hydrogen-bond donors (Lipinski definition) is 1. The molecule has 0 unspecified atom stereocenters. The van der Waals surface area contributed by atoms with E-state index in [-0.39, 0.29) is 11.3 Å². The summed E-state index contributed by atoms with van der Waals surface area (Å²) in [7, 11) is 0. The highest BCUT2D eigenvalue weighted by molar-refractivity contribution is 7.16. The minimum absolute atomic E-state index is 0.0338. The molecule has 1 N–H and O–H groups in total. The van der Waals surface area contributed by atoms with Crippen molar-refractivity contribution in [1.82, 2.24) is 4.98 Å². The maximum atomic E-state index is 13.1. The zero-order valence-electron chi connectivity index (χ0n) is 17.7. The summed E-state index contributed by atoms with van der Waals surface area (Å²) < 4.78 is 5.55. The third-order valence-electron chi connectivity index (χ3n) is 5.28. The number of aromatic nitrogens is 1. The van der Waals surface area contributed by atoms with Gasteiger partial charge in [0.2, 0.25) is 0 Å². The van der Waals surface area contributed by atoms with Crippen LogP contribution < -0.4 is 9.64 Å². The van der Waals surface area contributed by atoms with Crippen LogP contribution in [-0.2, 0) is 9.59 Å². The molecule has 1 aliphatic rings. The van der Waals surface area contributed by atoms with Gasteiger partial charge in [0.1, 0.15) is 18.1 Å². The Bertz CT molecular complexity index is 1190. The number of hydrogen-bond acceptors (Lipinski definition) is 6. The third-order valence-corrected chi connectivity index (χ3v) is 6.35. The van der Waals surface area contributed by atoms with Gasteiger partial charge in [-0.15, -0.1) is 11.3 Å². The number of anilines is 1. The number of aliphatic hydroxyl groups excluding tert-OH is 1. The van der Waals surface area contributed by atoms with Crippen LogP contribution in [0.3, 0.4) is 0 Å². The summed E-state index contributed by atoms with van der Waals surface area (Å²) in [6.07, 6.45) is 1.65. The van der Waals surface area contributed by atoms with Crippen LogP contribution in [0.5, 0.6) is 5.75 Å². The number of aryl methyl sites for hydroxylation is 2. The molecule has 162 valence electrons. The topological polar surface area (TPSA) is 79.7 Å². The molecule has 0 bridgehead atoms. The molecule has 6 nitrogen and oxygen atoms in total. The fraction of sp³-hybridized carbons (Fsp3) is 0.160. The molecule has 1 saturated heterocycles. The van der Waals surface area contributed by atoms with Crippen molar-refractivity contribution in [1.29, 1.82) is 0 Å². The average molecular weight is 447 g/mol. The van der Waals surface area contributed by atoms with E-state index >= 15 is 0 Å². The van der Waals surface area contributed by atoms with E-state index in [2.05, 4.69) is 11.6 Å². The third kappa shape index (κ3) is 3.83. The van der Waals surface area contributed by atoms with Gasteiger partial charge in [0, 0.05) is 10.4 Å². The number of ketones is 1. The second-order valence-electron chi connectivity index (χ2n) is 7.34. The van der Waals surface area contributed by atoms with Gasteiger partial charge in [-0.2, -0.15) is 0 Å². The Morgan fingerprint density at radius 1 is 1.16 bits per heavy atom.